The zero-order valence-electron chi connectivity index (χ0n) is 9.57. The van der Waals surface area contributed by atoms with E-state index in [1.165, 1.54) is 11.6 Å². The molecular weight excluding hydrogens is 213 g/mol. The van der Waals surface area contributed by atoms with Gasteiger partial charge in [-0.3, -0.25) is 0 Å². The smallest absolute Gasteiger partial charge is 0.140 e. The lowest BCUT2D eigenvalue weighted by Crippen LogP contribution is -1.87. The van der Waals surface area contributed by atoms with Crippen LogP contribution in [0.4, 0.5) is 4.39 Å². The summed E-state index contributed by atoms with van der Waals surface area (Å²) in [6.07, 6.45) is 0.958. The molecule has 2 aromatic carbocycles. The van der Waals surface area contributed by atoms with Gasteiger partial charge in [0.2, 0.25) is 0 Å². The van der Waals surface area contributed by atoms with E-state index in [9.17, 15) is 4.39 Å². The highest BCUT2D eigenvalue weighted by Gasteiger charge is 2.04. The number of nitriles is 1. The molecule has 0 saturated heterocycles. The van der Waals surface area contributed by atoms with Crippen molar-refractivity contribution in [3.63, 3.8) is 0 Å². The van der Waals surface area contributed by atoms with Gasteiger partial charge in [-0.1, -0.05) is 37.3 Å². The predicted molar refractivity (Wildman–Crippen MR) is 65.9 cm³/mol. The van der Waals surface area contributed by atoms with E-state index in [4.69, 9.17) is 5.26 Å². The highest BCUT2D eigenvalue weighted by molar-refractivity contribution is 5.66. The van der Waals surface area contributed by atoms with Crippen LogP contribution in [-0.2, 0) is 6.42 Å². The Kier molecular flexibility index (Phi) is 3.20. The number of benzene rings is 2. The van der Waals surface area contributed by atoms with Gasteiger partial charge in [-0.05, 0) is 35.2 Å². The van der Waals surface area contributed by atoms with Crippen molar-refractivity contribution in [2.45, 2.75) is 13.3 Å². The van der Waals surface area contributed by atoms with Crippen LogP contribution >= 0.6 is 0 Å². The van der Waals surface area contributed by atoms with E-state index in [0.717, 1.165) is 17.5 Å². The van der Waals surface area contributed by atoms with Crippen molar-refractivity contribution in [1.82, 2.24) is 0 Å². The summed E-state index contributed by atoms with van der Waals surface area (Å²) in [5.74, 6) is -0.470. The maximum absolute atomic E-state index is 13.2. The Morgan fingerprint density at radius 2 is 1.88 bits per heavy atom. The molecule has 0 unspecified atom stereocenters. The van der Waals surface area contributed by atoms with E-state index in [1.807, 2.05) is 18.2 Å². The van der Waals surface area contributed by atoms with Crippen LogP contribution in [0.5, 0.6) is 0 Å². The standard InChI is InChI=1S/C15H12FN/c1-2-11-4-3-5-12(8-11)13-6-7-15(16)14(9-13)10-17/h3-9H,2H2,1H3. The van der Waals surface area contributed by atoms with Gasteiger partial charge < -0.3 is 0 Å². The molecule has 0 spiro atoms. The molecule has 0 heterocycles. The minimum Gasteiger partial charge on any atom is -0.206 e. The van der Waals surface area contributed by atoms with E-state index in [-0.39, 0.29) is 5.56 Å². The highest BCUT2D eigenvalue weighted by Crippen LogP contribution is 2.23. The van der Waals surface area contributed by atoms with Crippen LogP contribution in [0.25, 0.3) is 11.1 Å². The summed E-state index contributed by atoms with van der Waals surface area (Å²) in [5.41, 5.74) is 3.20. The van der Waals surface area contributed by atoms with E-state index < -0.39 is 5.82 Å². The fourth-order valence-corrected chi connectivity index (χ4v) is 1.76. The van der Waals surface area contributed by atoms with Crippen LogP contribution in [0.1, 0.15) is 18.1 Å². The fourth-order valence-electron chi connectivity index (χ4n) is 1.76. The van der Waals surface area contributed by atoms with Gasteiger partial charge in [0.1, 0.15) is 11.9 Å². The maximum Gasteiger partial charge on any atom is 0.140 e. The predicted octanol–water partition coefficient (Wildman–Crippen LogP) is 3.93. The van der Waals surface area contributed by atoms with Crippen LogP contribution in [-0.4, -0.2) is 0 Å². The topological polar surface area (TPSA) is 23.8 Å². The van der Waals surface area contributed by atoms with Crippen LogP contribution in [0.3, 0.4) is 0 Å². The zero-order chi connectivity index (χ0) is 12.3. The molecule has 2 heteroatoms. The molecule has 2 aromatic rings. The molecule has 0 radical (unpaired) electrons. The monoisotopic (exact) mass is 225 g/mol. The van der Waals surface area contributed by atoms with Gasteiger partial charge in [0.05, 0.1) is 5.56 Å². The molecule has 0 aliphatic rings. The van der Waals surface area contributed by atoms with Crippen molar-refractivity contribution >= 4 is 0 Å². The Labute approximate surface area is 100 Å². The number of nitrogens with zero attached hydrogens (tertiary/aromatic N) is 1. The summed E-state index contributed by atoms with van der Waals surface area (Å²) in [6.45, 7) is 2.09. The minimum absolute atomic E-state index is 0.0874. The molecular formula is C15H12FN. The number of hydrogen-bond donors (Lipinski definition) is 0. The van der Waals surface area contributed by atoms with Gasteiger partial charge in [0.25, 0.3) is 0 Å². The third kappa shape index (κ3) is 2.34. The zero-order valence-corrected chi connectivity index (χ0v) is 9.57. The second kappa shape index (κ2) is 4.80. The van der Waals surface area contributed by atoms with Crippen molar-refractivity contribution < 1.29 is 4.39 Å². The third-order valence-corrected chi connectivity index (χ3v) is 2.76. The van der Waals surface area contributed by atoms with Crippen LogP contribution in [0, 0.1) is 17.1 Å². The molecule has 0 amide bonds. The van der Waals surface area contributed by atoms with E-state index in [2.05, 4.69) is 19.1 Å². The quantitative estimate of drug-likeness (QED) is 0.759. The first-order chi connectivity index (χ1) is 8.24. The first kappa shape index (κ1) is 11.3. The number of halogens is 1. The Bertz CT molecular complexity index is 582. The van der Waals surface area contributed by atoms with Crippen molar-refractivity contribution in [2.75, 3.05) is 0 Å². The molecule has 0 aromatic heterocycles. The minimum atomic E-state index is -0.470. The Morgan fingerprint density at radius 3 is 2.59 bits per heavy atom. The molecule has 0 bridgehead atoms. The summed E-state index contributed by atoms with van der Waals surface area (Å²) >= 11 is 0. The average Bonchev–Trinajstić information content (AvgIpc) is 2.39. The molecule has 0 aliphatic heterocycles. The van der Waals surface area contributed by atoms with Gasteiger partial charge in [-0.2, -0.15) is 5.26 Å². The molecule has 0 N–H and O–H groups in total. The van der Waals surface area contributed by atoms with Crippen molar-refractivity contribution in [2.24, 2.45) is 0 Å². The molecule has 0 fully saturated rings. The SMILES string of the molecule is CCc1cccc(-c2ccc(F)c(C#N)c2)c1. The highest BCUT2D eigenvalue weighted by atomic mass is 19.1. The molecule has 1 nitrogen and oxygen atoms in total. The second-order valence-electron chi connectivity index (χ2n) is 3.86. The Balaban J connectivity index is 2.49. The van der Waals surface area contributed by atoms with Crippen molar-refractivity contribution in [3.8, 4) is 17.2 Å². The molecule has 0 atom stereocenters. The maximum atomic E-state index is 13.2. The van der Waals surface area contributed by atoms with Crippen LogP contribution < -0.4 is 0 Å². The molecule has 17 heavy (non-hydrogen) atoms. The Hall–Kier alpha value is -2.14. The number of aryl methyl sites for hydroxylation is 1. The van der Waals surface area contributed by atoms with Crippen molar-refractivity contribution in [3.05, 3.63) is 59.4 Å². The van der Waals surface area contributed by atoms with E-state index >= 15 is 0 Å². The summed E-state index contributed by atoms with van der Waals surface area (Å²) in [7, 11) is 0. The first-order valence-electron chi connectivity index (χ1n) is 5.53. The van der Waals surface area contributed by atoms with E-state index in [1.54, 1.807) is 12.1 Å². The van der Waals surface area contributed by atoms with Gasteiger partial charge >= 0.3 is 0 Å². The second-order valence-corrected chi connectivity index (χ2v) is 3.86. The lowest BCUT2D eigenvalue weighted by atomic mass is 10.0. The molecule has 2 rings (SSSR count). The molecule has 84 valence electrons. The number of rotatable bonds is 2. The van der Waals surface area contributed by atoms with Gasteiger partial charge in [-0.25, -0.2) is 4.39 Å². The largest absolute Gasteiger partial charge is 0.206 e. The number of hydrogen-bond acceptors (Lipinski definition) is 1. The fraction of sp³-hybridized carbons (Fsp3) is 0.133. The molecule has 0 aliphatic carbocycles. The normalized spacial score (nSPS) is 9.94. The average molecular weight is 225 g/mol. The summed E-state index contributed by atoms with van der Waals surface area (Å²) < 4.78 is 13.2. The van der Waals surface area contributed by atoms with Crippen LogP contribution in [0.15, 0.2) is 42.5 Å². The van der Waals surface area contributed by atoms with Crippen molar-refractivity contribution in [1.29, 1.82) is 5.26 Å². The van der Waals surface area contributed by atoms with Crippen LogP contribution in [0.2, 0.25) is 0 Å². The van der Waals surface area contributed by atoms with E-state index in [0.29, 0.717) is 0 Å². The third-order valence-electron chi connectivity index (χ3n) is 2.76. The first-order valence-corrected chi connectivity index (χ1v) is 5.53. The van der Waals surface area contributed by atoms with Gasteiger partial charge in [-0.15, -0.1) is 0 Å². The summed E-state index contributed by atoms with van der Waals surface area (Å²) in [6, 6.07) is 14.5. The lowest BCUT2D eigenvalue weighted by Gasteiger charge is -2.05. The molecule has 0 saturated carbocycles. The van der Waals surface area contributed by atoms with Gasteiger partial charge in [0.15, 0.2) is 0 Å². The Morgan fingerprint density at radius 1 is 1.12 bits per heavy atom. The summed E-state index contributed by atoms with van der Waals surface area (Å²) in [4.78, 5) is 0. The lowest BCUT2D eigenvalue weighted by molar-refractivity contribution is 0.624. The summed E-state index contributed by atoms with van der Waals surface area (Å²) in [5, 5.41) is 8.80. The van der Waals surface area contributed by atoms with Gasteiger partial charge in [0, 0.05) is 0 Å².